The van der Waals surface area contributed by atoms with Crippen molar-refractivity contribution in [1.82, 2.24) is 10.9 Å². The van der Waals surface area contributed by atoms with Gasteiger partial charge in [0.2, 0.25) is 5.91 Å². The number of methoxy groups -OCH3 is 2. The predicted molar refractivity (Wildman–Crippen MR) is 60.8 cm³/mol. The van der Waals surface area contributed by atoms with Crippen LogP contribution in [0, 0.1) is 0 Å². The van der Waals surface area contributed by atoms with Gasteiger partial charge in [0.15, 0.2) is 11.5 Å². The monoisotopic (exact) mass is 238 g/mol. The summed E-state index contributed by atoms with van der Waals surface area (Å²) in [7, 11) is 2.92. The number of carbonyl (C=O) groups excluding carboxylic acids is 2. The maximum atomic E-state index is 11.7. The van der Waals surface area contributed by atoms with Gasteiger partial charge in [-0.2, -0.15) is 0 Å². The van der Waals surface area contributed by atoms with Crippen molar-refractivity contribution in [3.8, 4) is 11.5 Å². The lowest BCUT2D eigenvalue weighted by molar-refractivity contribution is -0.119. The van der Waals surface area contributed by atoms with Crippen LogP contribution in [-0.4, -0.2) is 26.0 Å². The first-order valence-corrected chi connectivity index (χ1v) is 4.88. The molecule has 2 amide bonds. The highest BCUT2D eigenvalue weighted by atomic mass is 16.5. The number of rotatable bonds is 3. The van der Waals surface area contributed by atoms with Gasteiger partial charge in [-0.3, -0.25) is 20.4 Å². The fourth-order valence-electron chi connectivity index (χ4n) is 1.28. The van der Waals surface area contributed by atoms with E-state index in [1.165, 1.54) is 21.1 Å². The van der Waals surface area contributed by atoms with E-state index in [4.69, 9.17) is 9.47 Å². The molecule has 0 fully saturated rings. The maximum absolute atomic E-state index is 11.7. The molecule has 0 aromatic heterocycles. The zero-order valence-corrected chi connectivity index (χ0v) is 9.87. The van der Waals surface area contributed by atoms with E-state index in [1.807, 2.05) is 0 Å². The summed E-state index contributed by atoms with van der Waals surface area (Å²) < 4.78 is 10.2. The van der Waals surface area contributed by atoms with Gasteiger partial charge < -0.3 is 9.47 Å². The van der Waals surface area contributed by atoms with E-state index < -0.39 is 5.91 Å². The average molecular weight is 238 g/mol. The molecule has 0 atom stereocenters. The quantitative estimate of drug-likeness (QED) is 0.751. The van der Waals surface area contributed by atoms with Crippen LogP contribution in [0.15, 0.2) is 18.2 Å². The fraction of sp³-hybridized carbons (Fsp3) is 0.273. The summed E-state index contributed by atoms with van der Waals surface area (Å²) in [6.45, 7) is 1.29. The molecule has 92 valence electrons. The Kier molecular flexibility index (Phi) is 4.33. The number of benzene rings is 1. The van der Waals surface area contributed by atoms with Crippen molar-refractivity contribution in [2.45, 2.75) is 6.92 Å². The zero-order chi connectivity index (χ0) is 12.8. The van der Waals surface area contributed by atoms with Gasteiger partial charge in [0.1, 0.15) is 0 Å². The Balaban J connectivity index is 2.96. The molecule has 0 saturated heterocycles. The number of hydrogen-bond acceptors (Lipinski definition) is 4. The molecular weight excluding hydrogens is 224 g/mol. The molecule has 0 unspecified atom stereocenters. The Morgan fingerprint density at radius 3 is 2.35 bits per heavy atom. The molecule has 0 aliphatic rings. The molecule has 1 rings (SSSR count). The van der Waals surface area contributed by atoms with Crippen LogP contribution in [0.4, 0.5) is 0 Å². The normalized spacial score (nSPS) is 9.35. The second kappa shape index (κ2) is 5.74. The van der Waals surface area contributed by atoms with Crippen LogP contribution in [0.1, 0.15) is 17.3 Å². The number of amides is 2. The van der Waals surface area contributed by atoms with Gasteiger partial charge in [-0.1, -0.05) is 6.07 Å². The molecule has 0 heterocycles. The molecular formula is C11H14N2O4. The molecule has 0 bridgehead atoms. The largest absolute Gasteiger partial charge is 0.493 e. The minimum atomic E-state index is -0.476. The summed E-state index contributed by atoms with van der Waals surface area (Å²) in [4.78, 5) is 22.4. The van der Waals surface area contributed by atoms with E-state index in [-0.39, 0.29) is 11.5 Å². The molecule has 6 heteroatoms. The highest BCUT2D eigenvalue weighted by Gasteiger charge is 2.16. The maximum Gasteiger partial charge on any atom is 0.273 e. The second-order valence-electron chi connectivity index (χ2n) is 3.18. The van der Waals surface area contributed by atoms with E-state index >= 15 is 0 Å². The standard InChI is InChI=1S/C11H14N2O4/c1-7(14)12-13-11(15)8-5-4-6-9(16-2)10(8)17-3/h4-6H,1-3H3,(H,12,14)(H,13,15). The van der Waals surface area contributed by atoms with E-state index in [0.717, 1.165) is 0 Å². The third kappa shape index (κ3) is 3.10. The van der Waals surface area contributed by atoms with Crippen LogP contribution in [0.5, 0.6) is 11.5 Å². The summed E-state index contributed by atoms with van der Waals surface area (Å²) in [5, 5.41) is 0. The Bertz CT molecular complexity index is 431. The molecule has 0 aliphatic heterocycles. The second-order valence-corrected chi connectivity index (χ2v) is 3.18. The van der Waals surface area contributed by atoms with Crippen molar-refractivity contribution in [2.24, 2.45) is 0 Å². The van der Waals surface area contributed by atoms with E-state index in [9.17, 15) is 9.59 Å². The van der Waals surface area contributed by atoms with Gasteiger partial charge in [-0.05, 0) is 12.1 Å². The first-order chi connectivity index (χ1) is 8.10. The summed E-state index contributed by atoms with van der Waals surface area (Å²) in [5.41, 5.74) is 4.73. The van der Waals surface area contributed by atoms with Crippen molar-refractivity contribution in [1.29, 1.82) is 0 Å². The number of carbonyl (C=O) groups is 2. The molecule has 17 heavy (non-hydrogen) atoms. The van der Waals surface area contributed by atoms with Crippen molar-refractivity contribution in [2.75, 3.05) is 14.2 Å². The van der Waals surface area contributed by atoms with Crippen molar-refractivity contribution in [3.05, 3.63) is 23.8 Å². The zero-order valence-electron chi connectivity index (χ0n) is 9.87. The smallest absolute Gasteiger partial charge is 0.273 e. The first kappa shape index (κ1) is 12.8. The lowest BCUT2D eigenvalue weighted by Gasteiger charge is -2.12. The van der Waals surface area contributed by atoms with E-state index in [2.05, 4.69) is 10.9 Å². The summed E-state index contributed by atoms with van der Waals surface area (Å²) in [6.07, 6.45) is 0. The lowest BCUT2D eigenvalue weighted by Crippen LogP contribution is -2.40. The topological polar surface area (TPSA) is 76.7 Å². The molecule has 1 aromatic carbocycles. The van der Waals surface area contributed by atoms with Gasteiger partial charge >= 0.3 is 0 Å². The number of hydrogen-bond donors (Lipinski definition) is 2. The van der Waals surface area contributed by atoms with Crippen LogP contribution in [0.2, 0.25) is 0 Å². The molecule has 1 aromatic rings. The Morgan fingerprint density at radius 2 is 1.82 bits per heavy atom. The Morgan fingerprint density at radius 1 is 1.12 bits per heavy atom. The predicted octanol–water partition coefficient (Wildman–Crippen LogP) is 0.485. The van der Waals surface area contributed by atoms with Gasteiger partial charge in [-0.25, -0.2) is 0 Å². The van der Waals surface area contributed by atoms with Gasteiger partial charge in [0.25, 0.3) is 5.91 Å². The summed E-state index contributed by atoms with van der Waals surface area (Å²) in [5.74, 6) is -0.0722. The summed E-state index contributed by atoms with van der Waals surface area (Å²) >= 11 is 0. The SMILES string of the molecule is COc1cccc(C(=O)NNC(C)=O)c1OC. The molecule has 0 spiro atoms. The third-order valence-electron chi connectivity index (χ3n) is 2.00. The molecule has 6 nitrogen and oxygen atoms in total. The molecule has 0 saturated carbocycles. The van der Waals surface area contributed by atoms with Crippen LogP contribution >= 0.6 is 0 Å². The number of nitrogens with one attached hydrogen (secondary N) is 2. The Hall–Kier alpha value is -2.24. The molecule has 0 aliphatic carbocycles. The fourth-order valence-corrected chi connectivity index (χ4v) is 1.28. The highest BCUT2D eigenvalue weighted by Crippen LogP contribution is 2.30. The van der Waals surface area contributed by atoms with Crippen molar-refractivity contribution in [3.63, 3.8) is 0 Å². The number of hydrazine groups is 1. The molecule has 0 radical (unpaired) electrons. The Labute approximate surface area is 98.9 Å². The van der Waals surface area contributed by atoms with Gasteiger partial charge in [-0.15, -0.1) is 0 Å². The van der Waals surface area contributed by atoms with Crippen molar-refractivity contribution < 1.29 is 19.1 Å². The van der Waals surface area contributed by atoms with E-state index in [0.29, 0.717) is 11.5 Å². The van der Waals surface area contributed by atoms with Crippen molar-refractivity contribution >= 4 is 11.8 Å². The highest BCUT2D eigenvalue weighted by molar-refractivity contribution is 5.98. The van der Waals surface area contributed by atoms with Crippen LogP contribution in [-0.2, 0) is 4.79 Å². The van der Waals surface area contributed by atoms with Crippen LogP contribution in [0.3, 0.4) is 0 Å². The van der Waals surface area contributed by atoms with Crippen LogP contribution in [0.25, 0.3) is 0 Å². The number of para-hydroxylation sites is 1. The lowest BCUT2D eigenvalue weighted by atomic mass is 10.2. The van der Waals surface area contributed by atoms with Gasteiger partial charge in [0.05, 0.1) is 19.8 Å². The molecule has 2 N–H and O–H groups in total. The average Bonchev–Trinajstić information content (AvgIpc) is 2.34. The van der Waals surface area contributed by atoms with Crippen LogP contribution < -0.4 is 20.3 Å². The van der Waals surface area contributed by atoms with E-state index in [1.54, 1.807) is 18.2 Å². The third-order valence-corrected chi connectivity index (χ3v) is 2.00. The van der Waals surface area contributed by atoms with Gasteiger partial charge in [0, 0.05) is 6.92 Å². The minimum absolute atomic E-state index is 0.278. The minimum Gasteiger partial charge on any atom is -0.493 e. The summed E-state index contributed by atoms with van der Waals surface area (Å²) in [6, 6.07) is 4.90. The number of ether oxygens (including phenoxy) is 2. The first-order valence-electron chi connectivity index (χ1n) is 4.88.